The average molecular weight is 222 g/mol. The first kappa shape index (κ1) is 12.6. The van der Waals surface area contributed by atoms with Gasteiger partial charge in [-0.3, -0.25) is 15.1 Å². The maximum atomic E-state index is 11.4. The van der Waals surface area contributed by atoms with E-state index in [1.807, 2.05) is 19.1 Å². The number of hydrogen-bond acceptors (Lipinski definition) is 4. The summed E-state index contributed by atoms with van der Waals surface area (Å²) in [6.07, 6.45) is 1.80. The highest BCUT2D eigenvalue weighted by Gasteiger charge is 2.27. The maximum absolute atomic E-state index is 11.4. The number of hydrogen-bond donors (Lipinski definition) is 1. The third-order valence-electron chi connectivity index (χ3n) is 2.40. The van der Waals surface area contributed by atoms with E-state index in [0.717, 1.165) is 11.3 Å². The lowest BCUT2D eigenvalue weighted by Gasteiger charge is -2.23. The van der Waals surface area contributed by atoms with E-state index < -0.39 is 5.54 Å². The molecule has 0 atom stereocenters. The zero-order valence-corrected chi connectivity index (χ0v) is 10.2. The molecule has 1 aromatic heterocycles. The van der Waals surface area contributed by atoms with Gasteiger partial charge in [0, 0.05) is 18.4 Å². The zero-order valence-electron chi connectivity index (χ0n) is 10.2. The number of pyridine rings is 1. The van der Waals surface area contributed by atoms with E-state index in [-0.39, 0.29) is 5.97 Å². The number of carbonyl (C=O) groups excluding carboxylic acids is 1. The first-order valence-electron chi connectivity index (χ1n) is 5.20. The lowest BCUT2D eigenvalue weighted by molar-refractivity contribution is -0.147. The van der Waals surface area contributed by atoms with Gasteiger partial charge in [-0.25, -0.2) is 0 Å². The van der Waals surface area contributed by atoms with Crippen molar-refractivity contribution in [1.29, 1.82) is 0 Å². The van der Waals surface area contributed by atoms with Crippen molar-refractivity contribution in [3.8, 4) is 0 Å². The predicted molar refractivity (Wildman–Crippen MR) is 61.9 cm³/mol. The van der Waals surface area contributed by atoms with Crippen LogP contribution in [-0.4, -0.2) is 23.6 Å². The van der Waals surface area contributed by atoms with Gasteiger partial charge in [0.2, 0.25) is 0 Å². The first-order valence-corrected chi connectivity index (χ1v) is 5.20. The molecule has 0 aliphatic heterocycles. The number of nitrogens with one attached hydrogen (secondary N) is 1. The smallest absolute Gasteiger partial charge is 0.325 e. The van der Waals surface area contributed by atoms with Crippen LogP contribution in [0.25, 0.3) is 0 Å². The quantitative estimate of drug-likeness (QED) is 0.783. The van der Waals surface area contributed by atoms with Crippen molar-refractivity contribution in [3.05, 3.63) is 29.6 Å². The standard InChI is InChI=1S/C12H18N2O2/c1-9-5-6-10(7-13-9)8-14-12(2,3)11(15)16-4/h5-7,14H,8H2,1-4H3. The number of aromatic nitrogens is 1. The zero-order chi connectivity index (χ0) is 12.2. The summed E-state index contributed by atoms with van der Waals surface area (Å²) in [4.78, 5) is 15.6. The second kappa shape index (κ2) is 5.07. The number of rotatable bonds is 4. The van der Waals surface area contributed by atoms with Crippen molar-refractivity contribution in [2.75, 3.05) is 7.11 Å². The fraction of sp³-hybridized carbons (Fsp3) is 0.500. The molecule has 1 rings (SSSR count). The van der Waals surface area contributed by atoms with Crippen LogP contribution in [0.2, 0.25) is 0 Å². The van der Waals surface area contributed by atoms with Crippen LogP contribution in [-0.2, 0) is 16.1 Å². The normalized spacial score (nSPS) is 11.2. The number of aryl methyl sites for hydroxylation is 1. The lowest BCUT2D eigenvalue weighted by Crippen LogP contribution is -2.46. The monoisotopic (exact) mass is 222 g/mol. The third-order valence-corrected chi connectivity index (χ3v) is 2.40. The molecule has 0 aliphatic carbocycles. The van der Waals surface area contributed by atoms with Crippen LogP contribution in [0.3, 0.4) is 0 Å². The predicted octanol–water partition coefficient (Wildman–Crippen LogP) is 1.43. The van der Waals surface area contributed by atoms with Crippen molar-refractivity contribution in [1.82, 2.24) is 10.3 Å². The summed E-state index contributed by atoms with van der Waals surface area (Å²) in [6.45, 7) is 6.12. The van der Waals surface area contributed by atoms with E-state index in [0.29, 0.717) is 6.54 Å². The highest BCUT2D eigenvalue weighted by atomic mass is 16.5. The second-order valence-electron chi connectivity index (χ2n) is 4.28. The Kier molecular flexibility index (Phi) is 4.01. The number of nitrogens with zero attached hydrogens (tertiary/aromatic N) is 1. The molecule has 1 aromatic rings. The summed E-state index contributed by atoms with van der Waals surface area (Å²) in [7, 11) is 1.39. The average Bonchev–Trinajstić information content (AvgIpc) is 2.27. The number of methoxy groups -OCH3 is 1. The lowest BCUT2D eigenvalue weighted by atomic mass is 10.1. The van der Waals surface area contributed by atoms with Crippen LogP contribution in [0.5, 0.6) is 0 Å². The van der Waals surface area contributed by atoms with Crippen LogP contribution in [0.15, 0.2) is 18.3 Å². The van der Waals surface area contributed by atoms with Gasteiger partial charge in [0.05, 0.1) is 7.11 Å². The highest BCUT2D eigenvalue weighted by molar-refractivity contribution is 5.79. The Morgan fingerprint density at radius 2 is 2.19 bits per heavy atom. The van der Waals surface area contributed by atoms with Crippen molar-refractivity contribution >= 4 is 5.97 Å². The Labute approximate surface area is 96.0 Å². The molecule has 0 spiro atoms. The molecule has 16 heavy (non-hydrogen) atoms. The van der Waals surface area contributed by atoms with Crippen LogP contribution >= 0.6 is 0 Å². The first-order chi connectivity index (χ1) is 7.45. The fourth-order valence-electron chi connectivity index (χ4n) is 1.25. The van der Waals surface area contributed by atoms with E-state index in [1.54, 1.807) is 20.0 Å². The van der Waals surface area contributed by atoms with Gasteiger partial charge in [0.15, 0.2) is 0 Å². The Morgan fingerprint density at radius 3 is 2.69 bits per heavy atom. The van der Waals surface area contributed by atoms with Crippen LogP contribution in [0.4, 0.5) is 0 Å². The molecule has 0 unspecified atom stereocenters. The largest absolute Gasteiger partial charge is 0.468 e. The van der Waals surface area contributed by atoms with Gasteiger partial charge in [0.1, 0.15) is 5.54 Å². The Hall–Kier alpha value is -1.42. The summed E-state index contributed by atoms with van der Waals surface area (Å²) in [6, 6.07) is 3.94. The minimum absolute atomic E-state index is 0.271. The summed E-state index contributed by atoms with van der Waals surface area (Å²) >= 11 is 0. The van der Waals surface area contributed by atoms with E-state index in [1.165, 1.54) is 7.11 Å². The van der Waals surface area contributed by atoms with Gasteiger partial charge < -0.3 is 4.74 Å². The summed E-state index contributed by atoms with van der Waals surface area (Å²) in [5.41, 5.74) is 1.35. The van der Waals surface area contributed by atoms with Gasteiger partial charge in [-0.15, -0.1) is 0 Å². The Bertz CT molecular complexity index is 358. The maximum Gasteiger partial charge on any atom is 0.325 e. The van der Waals surface area contributed by atoms with Gasteiger partial charge in [-0.05, 0) is 32.4 Å². The number of carbonyl (C=O) groups is 1. The van der Waals surface area contributed by atoms with Gasteiger partial charge in [-0.1, -0.05) is 6.07 Å². The van der Waals surface area contributed by atoms with Crippen molar-refractivity contribution < 1.29 is 9.53 Å². The fourth-order valence-corrected chi connectivity index (χ4v) is 1.25. The van der Waals surface area contributed by atoms with E-state index in [2.05, 4.69) is 10.3 Å². The molecule has 0 aliphatic rings. The molecule has 0 bridgehead atoms. The topological polar surface area (TPSA) is 51.2 Å². The van der Waals surface area contributed by atoms with Gasteiger partial charge in [0.25, 0.3) is 0 Å². The van der Waals surface area contributed by atoms with Crippen molar-refractivity contribution in [3.63, 3.8) is 0 Å². The minimum atomic E-state index is -0.681. The van der Waals surface area contributed by atoms with E-state index in [9.17, 15) is 4.79 Å². The molecule has 4 heteroatoms. The summed E-state index contributed by atoms with van der Waals surface area (Å²) < 4.78 is 4.71. The molecular formula is C12H18N2O2. The van der Waals surface area contributed by atoms with E-state index >= 15 is 0 Å². The Morgan fingerprint density at radius 1 is 1.50 bits per heavy atom. The molecule has 4 nitrogen and oxygen atoms in total. The van der Waals surface area contributed by atoms with Gasteiger partial charge in [-0.2, -0.15) is 0 Å². The molecule has 0 amide bonds. The molecule has 0 aromatic carbocycles. The van der Waals surface area contributed by atoms with Crippen molar-refractivity contribution in [2.24, 2.45) is 0 Å². The van der Waals surface area contributed by atoms with Crippen LogP contribution in [0, 0.1) is 6.92 Å². The molecular weight excluding hydrogens is 204 g/mol. The molecule has 0 saturated heterocycles. The van der Waals surface area contributed by atoms with E-state index in [4.69, 9.17) is 4.74 Å². The molecule has 88 valence electrons. The van der Waals surface area contributed by atoms with Gasteiger partial charge >= 0.3 is 5.97 Å². The molecule has 0 saturated carbocycles. The Balaban J connectivity index is 2.57. The molecule has 1 N–H and O–H groups in total. The number of esters is 1. The SMILES string of the molecule is COC(=O)C(C)(C)NCc1ccc(C)nc1. The van der Waals surface area contributed by atoms with Crippen molar-refractivity contribution in [2.45, 2.75) is 32.9 Å². The summed E-state index contributed by atoms with van der Waals surface area (Å²) in [5.74, 6) is -0.271. The van der Waals surface area contributed by atoms with Crippen LogP contribution < -0.4 is 5.32 Å². The number of ether oxygens (including phenoxy) is 1. The molecule has 1 heterocycles. The summed E-state index contributed by atoms with van der Waals surface area (Å²) in [5, 5.41) is 3.13. The third kappa shape index (κ3) is 3.31. The molecule has 0 radical (unpaired) electrons. The second-order valence-corrected chi connectivity index (χ2v) is 4.28. The molecule has 0 fully saturated rings. The minimum Gasteiger partial charge on any atom is -0.468 e. The van der Waals surface area contributed by atoms with Crippen LogP contribution in [0.1, 0.15) is 25.1 Å². The highest BCUT2D eigenvalue weighted by Crippen LogP contribution is 2.07.